The van der Waals surface area contributed by atoms with Gasteiger partial charge < -0.3 is 0 Å². The van der Waals surface area contributed by atoms with Crippen LogP contribution in [-0.2, 0) is 5.41 Å². The van der Waals surface area contributed by atoms with Crippen LogP contribution in [0.3, 0.4) is 0 Å². The Hall–Kier alpha value is -1.07. The Morgan fingerprint density at radius 3 is 2.62 bits per heavy atom. The molecule has 0 aliphatic carbocycles. The number of halogens is 1. The SMILES string of the molecule is Cc1cc(C(C)(C)C#N)cnc1Cl. The number of hydrogen-bond acceptors (Lipinski definition) is 2. The summed E-state index contributed by atoms with van der Waals surface area (Å²) in [5.41, 5.74) is 1.31. The molecule has 0 radical (unpaired) electrons. The van der Waals surface area contributed by atoms with Crippen LogP contribution in [-0.4, -0.2) is 4.98 Å². The lowest BCUT2D eigenvalue weighted by molar-refractivity contribution is 0.682. The van der Waals surface area contributed by atoms with Gasteiger partial charge in [0.25, 0.3) is 0 Å². The molecule has 3 heteroatoms. The van der Waals surface area contributed by atoms with E-state index in [1.165, 1.54) is 0 Å². The van der Waals surface area contributed by atoms with Crippen LogP contribution in [0.15, 0.2) is 12.3 Å². The average Bonchev–Trinajstić information content (AvgIpc) is 2.09. The van der Waals surface area contributed by atoms with Crippen LogP contribution < -0.4 is 0 Å². The van der Waals surface area contributed by atoms with E-state index in [-0.39, 0.29) is 0 Å². The molecule has 1 aromatic rings. The Bertz CT molecular complexity index is 364. The van der Waals surface area contributed by atoms with Crippen molar-refractivity contribution in [2.24, 2.45) is 0 Å². The molecule has 0 atom stereocenters. The maximum Gasteiger partial charge on any atom is 0.131 e. The van der Waals surface area contributed by atoms with Crippen molar-refractivity contribution in [3.05, 3.63) is 28.5 Å². The minimum absolute atomic E-state index is 0.498. The van der Waals surface area contributed by atoms with E-state index >= 15 is 0 Å². The van der Waals surface area contributed by atoms with E-state index in [4.69, 9.17) is 16.9 Å². The number of hydrogen-bond donors (Lipinski definition) is 0. The summed E-state index contributed by atoms with van der Waals surface area (Å²) in [7, 11) is 0. The molecule has 0 saturated carbocycles. The lowest BCUT2D eigenvalue weighted by Gasteiger charge is -2.15. The molecular weight excluding hydrogens is 184 g/mol. The second-order valence-corrected chi connectivity index (χ2v) is 3.93. The van der Waals surface area contributed by atoms with Gasteiger partial charge in [-0.1, -0.05) is 11.6 Å². The molecular formula is C10H11ClN2. The zero-order valence-electron chi connectivity index (χ0n) is 7.93. The van der Waals surface area contributed by atoms with Crippen LogP contribution in [0.25, 0.3) is 0 Å². The minimum atomic E-state index is -0.498. The Balaban J connectivity index is 3.20. The fourth-order valence-electron chi connectivity index (χ4n) is 0.964. The predicted octanol–water partition coefficient (Wildman–Crippen LogP) is 2.84. The van der Waals surface area contributed by atoms with Crippen molar-refractivity contribution in [1.29, 1.82) is 5.26 Å². The number of aryl methyl sites for hydroxylation is 1. The van der Waals surface area contributed by atoms with E-state index in [9.17, 15) is 0 Å². The van der Waals surface area contributed by atoms with E-state index in [2.05, 4.69) is 11.1 Å². The maximum atomic E-state index is 8.90. The van der Waals surface area contributed by atoms with Crippen molar-refractivity contribution in [3.63, 3.8) is 0 Å². The second kappa shape index (κ2) is 3.35. The average molecular weight is 195 g/mol. The fourth-order valence-corrected chi connectivity index (χ4v) is 1.07. The van der Waals surface area contributed by atoms with Crippen molar-refractivity contribution >= 4 is 11.6 Å². The minimum Gasteiger partial charge on any atom is -0.244 e. The molecule has 2 nitrogen and oxygen atoms in total. The van der Waals surface area contributed by atoms with E-state index in [1.807, 2.05) is 26.8 Å². The van der Waals surface area contributed by atoms with Gasteiger partial charge in [0.15, 0.2) is 0 Å². The molecule has 0 aliphatic heterocycles. The molecule has 0 saturated heterocycles. The van der Waals surface area contributed by atoms with E-state index in [0.29, 0.717) is 5.15 Å². The summed E-state index contributed by atoms with van der Waals surface area (Å²) in [4.78, 5) is 4.01. The summed E-state index contributed by atoms with van der Waals surface area (Å²) < 4.78 is 0. The van der Waals surface area contributed by atoms with Gasteiger partial charge in [-0.15, -0.1) is 0 Å². The molecule has 0 aliphatic rings. The third-order valence-electron chi connectivity index (χ3n) is 2.02. The van der Waals surface area contributed by atoms with Crippen LogP contribution >= 0.6 is 11.6 Å². The van der Waals surface area contributed by atoms with E-state index in [0.717, 1.165) is 11.1 Å². The van der Waals surface area contributed by atoms with E-state index < -0.39 is 5.41 Å². The molecule has 13 heavy (non-hydrogen) atoms. The van der Waals surface area contributed by atoms with Crippen molar-refractivity contribution in [2.45, 2.75) is 26.2 Å². The van der Waals surface area contributed by atoms with Crippen molar-refractivity contribution in [3.8, 4) is 6.07 Å². The molecule has 0 unspecified atom stereocenters. The molecule has 68 valence electrons. The van der Waals surface area contributed by atoms with Crippen molar-refractivity contribution in [1.82, 2.24) is 4.98 Å². The highest BCUT2D eigenvalue weighted by Gasteiger charge is 2.20. The molecule has 0 aromatic carbocycles. The number of pyridine rings is 1. The normalized spacial score (nSPS) is 11.0. The highest BCUT2D eigenvalue weighted by molar-refractivity contribution is 6.30. The van der Waals surface area contributed by atoms with Crippen LogP contribution in [0.4, 0.5) is 0 Å². The lowest BCUT2D eigenvalue weighted by Crippen LogP contribution is -2.14. The van der Waals surface area contributed by atoms with Crippen LogP contribution in [0.5, 0.6) is 0 Å². The topological polar surface area (TPSA) is 36.7 Å². The summed E-state index contributed by atoms with van der Waals surface area (Å²) in [6.45, 7) is 5.60. The molecule has 1 rings (SSSR count). The highest BCUT2D eigenvalue weighted by Crippen LogP contribution is 2.24. The first kappa shape index (κ1) is 10.0. The third-order valence-corrected chi connectivity index (χ3v) is 2.41. The summed E-state index contributed by atoms with van der Waals surface area (Å²) in [6, 6.07) is 4.12. The van der Waals surface area contributed by atoms with Gasteiger partial charge in [0, 0.05) is 6.20 Å². The zero-order chi connectivity index (χ0) is 10.1. The molecule has 1 heterocycles. The number of nitriles is 1. The Morgan fingerprint density at radius 2 is 2.15 bits per heavy atom. The summed E-state index contributed by atoms with van der Waals surface area (Å²) in [5.74, 6) is 0. The second-order valence-electron chi connectivity index (χ2n) is 3.57. The zero-order valence-corrected chi connectivity index (χ0v) is 8.68. The smallest absolute Gasteiger partial charge is 0.131 e. The lowest BCUT2D eigenvalue weighted by atomic mass is 9.87. The van der Waals surface area contributed by atoms with Gasteiger partial charge in [-0.2, -0.15) is 5.26 Å². The highest BCUT2D eigenvalue weighted by atomic mass is 35.5. The first-order valence-electron chi connectivity index (χ1n) is 4.01. The van der Waals surface area contributed by atoms with Gasteiger partial charge in [-0.25, -0.2) is 4.98 Å². The number of aromatic nitrogens is 1. The van der Waals surface area contributed by atoms with Gasteiger partial charge in [-0.05, 0) is 38.0 Å². The van der Waals surface area contributed by atoms with Crippen LogP contribution in [0, 0.1) is 18.3 Å². The first-order chi connectivity index (χ1) is 5.97. The summed E-state index contributed by atoms with van der Waals surface area (Å²) >= 11 is 5.78. The maximum absolute atomic E-state index is 8.90. The van der Waals surface area contributed by atoms with Crippen LogP contribution in [0.2, 0.25) is 5.15 Å². The molecule has 0 amide bonds. The Morgan fingerprint density at radius 1 is 1.54 bits per heavy atom. The fraction of sp³-hybridized carbons (Fsp3) is 0.400. The van der Waals surface area contributed by atoms with Gasteiger partial charge in [0.1, 0.15) is 5.15 Å². The van der Waals surface area contributed by atoms with Gasteiger partial charge >= 0.3 is 0 Å². The van der Waals surface area contributed by atoms with Crippen LogP contribution in [0.1, 0.15) is 25.0 Å². The van der Waals surface area contributed by atoms with Crippen molar-refractivity contribution < 1.29 is 0 Å². The Kier molecular flexibility index (Phi) is 2.58. The Labute approximate surface area is 83.2 Å². The number of nitrogens with zero attached hydrogens (tertiary/aromatic N) is 2. The van der Waals surface area contributed by atoms with Crippen molar-refractivity contribution in [2.75, 3.05) is 0 Å². The summed E-state index contributed by atoms with van der Waals surface area (Å²) in [6.07, 6.45) is 1.65. The largest absolute Gasteiger partial charge is 0.244 e. The molecule has 0 spiro atoms. The quantitative estimate of drug-likeness (QED) is 0.645. The van der Waals surface area contributed by atoms with Gasteiger partial charge in [-0.3, -0.25) is 0 Å². The van der Waals surface area contributed by atoms with Gasteiger partial charge in [0.05, 0.1) is 11.5 Å². The predicted molar refractivity (Wildman–Crippen MR) is 52.6 cm³/mol. The molecule has 1 aromatic heterocycles. The standard InChI is InChI=1S/C10H11ClN2/c1-7-4-8(5-13-9(7)11)10(2,3)6-12/h4-5H,1-3H3. The molecule has 0 fully saturated rings. The molecule has 0 bridgehead atoms. The monoisotopic (exact) mass is 194 g/mol. The van der Waals surface area contributed by atoms with E-state index in [1.54, 1.807) is 6.20 Å². The molecule has 0 N–H and O–H groups in total. The first-order valence-corrected chi connectivity index (χ1v) is 4.39. The number of rotatable bonds is 1. The third kappa shape index (κ3) is 1.99. The summed E-state index contributed by atoms with van der Waals surface area (Å²) in [5, 5.41) is 9.39. The van der Waals surface area contributed by atoms with Gasteiger partial charge in [0.2, 0.25) is 0 Å².